The van der Waals surface area contributed by atoms with Crippen LogP contribution < -0.4 is 9.30 Å². The summed E-state index contributed by atoms with van der Waals surface area (Å²) in [5.74, 6) is 0.443. The van der Waals surface area contributed by atoms with Crippen LogP contribution >= 0.6 is 0 Å². The number of ether oxygens (including phenoxy) is 1. The summed E-state index contributed by atoms with van der Waals surface area (Å²) in [5, 5.41) is 0. The fraction of sp³-hybridized carbons (Fsp3) is 0.143. The molecule has 2 heterocycles. The first-order valence-electron chi connectivity index (χ1n) is 3.05. The molecule has 3 nitrogen and oxygen atoms in total. The van der Waals surface area contributed by atoms with Crippen LogP contribution in [0.15, 0.2) is 24.4 Å². The molecule has 0 unspecified atom stereocenters. The highest BCUT2D eigenvalue weighted by atomic mass is 16.6. The van der Waals surface area contributed by atoms with Crippen molar-refractivity contribution in [3.05, 3.63) is 24.4 Å². The van der Waals surface area contributed by atoms with Crippen LogP contribution in [-0.4, -0.2) is 5.97 Å². The Hall–Kier alpha value is -1.38. The first-order chi connectivity index (χ1) is 4.86. The quantitative estimate of drug-likeness (QED) is 0.368. The summed E-state index contributed by atoms with van der Waals surface area (Å²) in [5.41, 5.74) is 0. The van der Waals surface area contributed by atoms with Crippen LogP contribution in [0.4, 0.5) is 0 Å². The molecule has 0 aromatic carbocycles. The van der Waals surface area contributed by atoms with Gasteiger partial charge in [0.25, 0.3) is 0 Å². The SMILES string of the molecule is O=C1C[n+]2ccccc2O1. The third kappa shape index (κ3) is 0.673. The number of pyridine rings is 1. The van der Waals surface area contributed by atoms with Crippen LogP contribution in [-0.2, 0) is 11.3 Å². The van der Waals surface area contributed by atoms with Crippen molar-refractivity contribution < 1.29 is 14.1 Å². The molecule has 0 aliphatic carbocycles. The van der Waals surface area contributed by atoms with Gasteiger partial charge in [0.2, 0.25) is 6.54 Å². The summed E-state index contributed by atoms with van der Waals surface area (Å²) in [6, 6.07) is 5.47. The Balaban J connectivity index is 2.51. The lowest BCUT2D eigenvalue weighted by molar-refractivity contribution is -0.674. The van der Waals surface area contributed by atoms with Crippen LogP contribution in [0.25, 0.3) is 0 Å². The molecule has 0 amide bonds. The van der Waals surface area contributed by atoms with Gasteiger partial charge in [0.15, 0.2) is 6.20 Å². The molecule has 1 aromatic rings. The third-order valence-corrected chi connectivity index (χ3v) is 1.42. The third-order valence-electron chi connectivity index (χ3n) is 1.42. The van der Waals surface area contributed by atoms with Crippen LogP contribution in [0.3, 0.4) is 0 Å². The Morgan fingerprint density at radius 1 is 1.50 bits per heavy atom. The molecule has 2 rings (SSSR count). The van der Waals surface area contributed by atoms with Gasteiger partial charge in [-0.2, -0.15) is 4.57 Å². The van der Waals surface area contributed by atoms with Crippen molar-refractivity contribution in [2.75, 3.05) is 0 Å². The zero-order chi connectivity index (χ0) is 6.97. The molecule has 1 aromatic heterocycles. The van der Waals surface area contributed by atoms with Gasteiger partial charge in [0.05, 0.1) is 6.07 Å². The molecule has 1 aliphatic heterocycles. The van der Waals surface area contributed by atoms with E-state index in [-0.39, 0.29) is 5.97 Å². The van der Waals surface area contributed by atoms with Gasteiger partial charge < -0.3 is 4.74 Å². The maximum Gasteiger partial charge on any atom is 0.382 e. The van der Waals surface area contributed by atoms with Gasteiger partial charge in [-0.15, -0.1) is 0 Å². The number of hydrogen-bond donors (Lipinski definition) is 0. The summed E-state index contributed by atoms with van der Waals surface area (Å²) in [6.07, 6.45) is 1.82. The van der Waals surface area contributed by atoms with Gasteiger partial charge in [-0.1, -0.05) is 0 Å². The van der Waals surface area contributed by atoms with Gasteiger partial charge in [-0.3, -0.25) is 0 Å². The topological polar surface area (TPSA) is 30.2 Å². The summed E-state index contributed by atoms with van der Waals surface area (Å²) in [6.45, 7) is 0.343. The second kappa shape index (κ2) is 1.80. The smallest absolute Gasteiger partial charge is 0.366 e. The van der Waals surface area contributed by atoms with Crippen LogP contribution in [0.5, 0.6) is 5.88 Å². The zero-order valence-corrected chi connectivity index (χ0v) is 5.28. The number of aromatic nitrogens is 1. The average Bonchev–Trinajstić information content (AvgIpc) is 2.27. The maximum absolute atomic E-state index is 10.7. The fourth-order valence-electron chi connectivity index (χ4n) is 0.972. The minimum atomic E-state index is -0.189. The monoisotopic (exact) mass is 136 g/mol. The molecule has 0 bridgehead atoms. The van der Waals surface area contributed by atoms with Gasteiger partial charge in [0.1, 0.15) is 0 Å². The van der Waals surface area contributed by atoms with Crippen molar-refractivity contribution in [2.45, 2.75) is 6.54 Å². The van der Waals surface area contributed by atoms with Gasteiger partial charge in [0, 0.05) is 6.07 Å². The summed E-state index contributed by atoms with van der Waals surface area (Å²) in [4.78, 5) is 10.7. The van der Waals surface area contributed by atoms with E-state index >= 15 is 0 Å². The standard InChI is InChI=1S/C7H6NO2/c9-7-5-8-4-2-1-3-6(8)10-7/h1-4H,5H2/q+1. The Morgan fingerprint density at radius 3 is 3.20 bits per heavy atom. The van der Waals surface area contributed by atoms with Crippen molar-refractivity contribution in [1.29, 1.82) is 0 Å². The van der Waals surface area contributed by atoms with Crippen molar-refractivity contribution in [3.8, 4) is 5.88 Å². The highest BCUT2D eigenvalue weighted by molar-refractivity contribution is 5.71. The van der Waals surface area contributed by atoms with E-state index in [4.69, 9.17) is 4.74 Å². The number of carbonyl (C=O) groups excluding carboxylic acids is 1. The Kier molecular flexibility index (Phi) is 0.974. The van der Waals surface area contributed by atoms with Gasteiger partial charge in [-0.25, -0.2) is 4.79 Å². The van der Waals surface area contributed by atoms with Crippen molar-refractivity contribution in [3.63, 3.8) is 0 Å². The van der Waals surface area contributed by atoms with E-state index in [2.05, 4.69) is 0 Å². The number of esters is 1. The van der Waals surface area contributed by atoms with Gasteiger partial charge >= 0.3 is 11.8 Å². The number of nitrogens with zero attached hydrogens (tertiary/aromatic N) is 1. The zero-order valence-electron chi connectivity index (χ0n) is 5.28. The van der Waals surface area contributed by atoms with Crippen LogP contribution in [0, 0.1) is 0 Å². The molecule has 0 saturated heterocycles. The highest BCUT2D eigenvalue weighted by Gasteiger charge is 2.26. The molecule has 10 heavy (non-hydrogen) atoms. The molecular formula is C7H6NO2+. The van der Waals surface area contributed by atoms with Gasteiger partial charge in [-0.05, 0) is 6.07 Å². The van der Waals surface area contributed by atoms with E-state index < -0.39 is 0 Å². The Bertz CT molecular complexity index is 256. The first-order valence-corrected chi connectivity index (χ1v) is 3.05. The van der Waals surface area contributed by atoms with E-state index in [1.807, 2.05) is 18.3 Å². The second-order valence-electron chi connectivity index (χ2n) is 2.14. The Labute approximate surface area is 57.9 Å². The lowest BCUT2D eigenvalue weighted by Crippen LogP contribution is -2.30. The first kappa shape index (κ1) is 5.41. The molecule has 0 fully saturated rings. The highest BCUT2D eigenvalue weighted by Crippen LogP contribution is 2.06. The van der Waals surface area contributed by atoms with E-state index in [0.29, 0.717) is 12.4 Å². The molecule has 0 radical (unpaired) electrons. The number of carbonyl (C=O) groups is 1. The van der Waals surface area contributed by atoms with Crippen molar-refractivity contribution in [1.82, 2.24) is 0 Å². The van der Waals surface area contributed by atoms with E-state index in [1.165, 1.54) is 0 Å². The lowest BCUT2D eigenvalue weighted by Gasteiger charge is -1.83. The van der Waals surface area contributed by atoms with E-state index in [1.54, 1.807) is 10.6 Å². The van der Waals surface area contributed by atoms with Crippen LogP contribution in [0.2, 0.25) is 0 Å². The molecule has 0 N–H and O–H groups in total. The molecule has 1 aliphatic rings. The van der Waals surface area contributed by atoms with Crippen LogP contribution in [0.1, 0.15) is 0 Å². The normalized spacial score (nSPS) is 14.6. The number of hydrogen-bond acceptors (Lipinski definition) is 2. The van der Waals surface area contributed by atoms with E-state index in [0.717, 1.165) is 0 Å². The predicted octanol–water partition coefficient (Wildman–Crippen LogP) is -0.107. The summed E-state index contributed by atoms with van der Waals surface area (Å²) < 4.78 is 6.60. The largest absolute Gasteiger partial charge is 0.382 e. The molecule has 0 saturated carbocycles. The van der Waals surface area contributed by atoms with Crippen molar-refractivity contribution in [2.24, 2.45) is 0 Å². The predicted molar refractivity (Wildman–Crippen MR) is 32.3 cm³/mol. The number of rotatable bonds is 0. The maximum atomic E-state index is 10.7. The molecule has 3 heteroatoms. The fourth-order valence-corrected chi connectivity index (χ4v) is 0.972. The minimum Gasteiger partial charge on any atom is -0.366 e. The van der Waals surface area contributed by atoms with E-state index in [9.17, 15) is 4.79 Å². The van der Waals surface area contributed by atoms with Crippen molar-refractivity contribution >= 4 is 5.97 Å². The molecule has 0 atom stereocenters. The average molecular weight is 136 g/mol. The molecule has 0 spiro atoms. The molecular weight excluding hydrogens is 130 g/mol. The summed E-state index contributed by atoms with van der Waals surface area (Å²) in [7, 11) is 0. The second-order valence-corrected chi connectivity index (χ2v) is 2.14. The summed E-state index contributed by atoms with van der Waals surface area (Å²) >= 11 is 0. The number of fused-ring (bicyclic) bond motifs is 1. The Morgan fingerprint density at radius 2 is 2.40 bits per heavy atom. The molecule has 50 valence electrons. The minimum absolute atomic E-state index is 0.189. The lowest BCUT2D eigenvalue weighted by atomic mass is 10.5.